The van der Waals surface area contributed by atoms with E-state index in [4.69, 9.17) is 4.74 Å². The Morgan fingerprint density at radius 1 is 1.36 bits per heavy atom. The molecule has 0 N–H and O–H groups in total. The van der Waals surface area contributed by atoms with Crippen LogP contribution < -0.4 is 0 Å². The lowest BCUT2D eigenvalue weighted by Crippen LogP contribution is -2.22. The maximum absolute atomic E-state index is 5.71. The van der Waals surface area contributed by atoms with Gasteiger partial charge in [0.2, 0.25) is 0 Å². The van der Waals surface area contributed by atoms with Crippen molar-refractivity contribution in [2.75, 3.05) is 6.61 Å². The first-order chi connectivity index (χ1) is 6.87. The molecule has 1 aliphatic heterocycles. The van der Waals surface area contributed by atoms with Crippen LogP contribution in [0.5, 0.6) is 0 Å². The summed E-state index contributed by atoms with van der Waals surface area (Å²) in [7, 11) is 0. The van der Waals surface area contributed by atoms with E-state index in [9.17, 15) is 0 Å². The highest BCUT2D eigenvalue weighted by molar-refractivity contribution is 5.02. The molecule has 1 nitrogen and oxygen atoms in total. The van der Waals surface area contributed by atoms with E-state index in [1.807, 2.05) is 6.92 Å². The van der Waals surface area contributed by atoms with Gasteiger partial charge in [0.25, 0.3) is 0 Å². The molecule has 78 valence electrons. The molecule has 0 bridgehead atoms. The third-order valence-corrected chi connectivity index (χ3v) is 3.71. The molecule has 1 heteroatoms. The Morgan fingerprint density at radius 2 is 2.21 bits per heavy atom. The second kappa shape index (κ2) is 4.36. The molecule has 1 saturated carbocycles. The molecular formula is C13H20O. The minimum Gasteiger partial charge on any atom is -0.369 e. The van der Waals surface area contributed by atoms with Crippen molar-refractivity contribution in [3.05, 3.63) is 0 Å². The van der Waals surface area contributed by atoms with E-state index in [1.165, 1.54) is 38.5 Å². The van der Waals surface area contributed by atoms with E-state index >= 15 is 0 Å². The van der Waals surface area contributed by atoms with Crippen molar-refractivity contribution >= 4 is 0 Å². The van der Waals surface area contributed by atoms with E-state index in [2.05, 4.69) is 11.8 Å². The Balaban J connectivity index is 1.88. The van der Waals surface area contributed by atoms with Crippen LogP contribution in [0.3, 0.4) is 0 Å². The number of hydrogen-bond acceptors (Lipinski definition) is 1. The standard InChI is InChI=1S/C13H20O/c1-2-3-5-8-12-9-6-4-7-10-13(12)11-14-13/h12H,4-11H2,1H3/t12-,13?/m1/s1. The topological polar surface area (TPSA) is 12.5 Å². The Labute approximate surface area is 87.2 Å². The predicted octanol–water partition coefficient (Wildman–Crippen LogP) is 3.14. The molecule has 2 aliphatic rings. The molecule has 2 fully saturated rings. The van der Waals surface area contributed by atoms with E-state index in [0.29, 0.717) is 5.60 Å². The fourth-order valence-corrected chi connectivity index (χ4v) is 2.71. The summed E-state index contributed by atoms with van der Waals surface area (Å²) in [6.45, 7) is 2.95. The third-order valence-electron chi connectivity index (χ3n) is 3.71. The molecule has 2 atom stereocenters. The molecule has 0 amide bonds. The maximum atomic E-state index is 5.71. The van der Waals surface area contributed by atoms with Crippen molar-refractivity contribution < 1.29 is 4.74 Å². The first-order valence-corrected chi connectivity index (χ1v) is 5.91. The molecular weight excluding hydrogens is 172 g/mol. The van der Waals surface area contributed by atoms with Crippen LogP contribution in [-0.4, -0.2) is 12.2 Å². The highest BCUT2D eigenvalue weighted by Gasteiger charge is 2.50. The van der Waals surface area contributed by atoms with Crippen molar-refractivity contribution in [2.24, 2.45) is 5.92 Å². The highest BCUT2D eigenvalue weighted by Crippen LogP contribution is 2.46. The van der Waals surface area contributed by atoms with Gasteiger partial charge in [0.05, 0.1) is 12.2 Å². The average Bonchev–Trinajstić information content (AvgIpc) is 2.98. The summed E-state index contributed by atoms with van der Waals surface area (Å²) in [5.41, 5.74) is 0.311. The Bertz CT molecular complexity index is 242. The van der Waals surface area contributed by atoms with E-state index < -0.39 is 0 Å². The summed E-state index contributed by atoms with van der Waals surface area (Å²) in [6, 6.07) is 0. The molecule has 0 aromatic heterocycles. The van der Waals surface area contributed by atoms with Gasteiger partial charge in [-0.2, -0.15) is 0 Å². The van der Waals surface area contributed by atoms with Gasteiger partial charge in [-0.25, -0.2) is 0 Å². The van der Waals surface area contributed by atoms with Gasteiger partial charge >= 0.3 is 0 Å². The zero-order chi connectivity index (χ0) is 9.86. The van der Waals surface area contributed by atoms with Crippen LogP contribution in [0.4, 0.5) is 0 Å². The summed E-state index contributed by atoms with van der Waals surface area (Å²) in [6.07, 6.45) is 9.15. The third kappa shape index (κ3) is 2.12. The molecule has 1 unspecified atom stereocenters. The Kier molecular flexibility index (Phi) is 3.13. The largest absolute Gasteiger partial charge is 0.369 e. The monoisotopic (exact) mass is 192 g/mol. The lowest BCUT2D eigenvalue weighted by atomic mass is 9.85. The van der Waals surface area contributed by atoms with Gasteiger partial charge in [-0.3, -0.25) is 0 Å². The number of hydrogen-bond donors (Lipinski definition) is 0. The maximum Gasteiger partial charge on any atom is 0.0944 e. The van der Waals surface area contributed by atoms with Crippen LogP contribution in [0.15, 0.2) is 0 Å². The zero-order valence-electron chi connectivity index (χ0n) is 9.14. The van der Waals surface area contributed by atoms with Gasteiger partial charge in [-0.15, -0.1) is 11.8 Å². The quantitative estimate of drug-likeness (QED) is 0.483. The van der Waals surface area contributed by atoms with Gasteiger partial charge in [0.1, 0.15) is 0 Å². The second-order valence-corrected chi connectivity index (χ2v) is 4.62. The highest BCUT2D eigenvalue weighted by atomic mass is 16.6. The second-order valence-electron chi connectivity index (χ2n) is 4.62. The zero-order valence-corrected chi connectivity index (χ0v) is 9.14. The van der Waals surface area contributed by atoms with E-state index in [-0.39, 0.29) is 0 Å². The molecule has 14 heavy (non-hydrogen) atoms. The number of ether oxygens (including phenoxy) is 1. The van der Waals surface area contributed by atoms with Gasteiger partial charge in [-0.1, -0.05) is 19.3 Å². The van der Waals surface area contributed by atoms with Gasteiger partial charge in [-0.05, 0) is 32.1 Å². The first-order valence-electron chi connectivity index (χ1n) is 5.91. The smallest absolute Gasteiger partial charge is 0.0944 e. The summed E-state index contributed by atoms with van der Waals surface area (Å²) >= 11 is 0. The van der Waals surface area contributed by atoms with Crippen LogP contribution in [0, 0.1) is 17.8 Å². The minimum atomic E-state index is 0.311. The van der Waals surface area contributed by atoms with Crippen molar-refractivity contribution in [2.45, 2.75) is 57.5 Å². The molecule has 1 saturated heterocycles. The number of epoxide rings is 1. The van der Waals surface area contributed by atoms with Crippen molar-refractivity contribution in [3.8, 4) is 11.8 Å². The molecule has 0 aromatic rings. The average molecular weight is 192 g/mol. The van der Waals surface area contributed by atoms with Gasteiger partial charge in [0, 0.05) is 6.42 Å². The van der Waals surface area contributed by atoms with Crippen molar-refractivity contribution in [3.63, 3.8) is 0 Å². The molecule has 0 aromatic carbocycles. The molecule has 1 aliphatic carbocycles. The molecule has 1 heterocycles. The Hall–Kier alpha value is -0.480. The van der Waals surface area contributed by atoms with E-state index in [0.717, 1.165) is 18.9 Å². The van der Waals surface area contributed by atoms with Crippen molar-refractivity contribution in [1.29, 1.82) is 0 Å². The summed E-state index contributed by atoms with van der Waals surface area (Å²) in [5, 5.41) is 0. The minimum absolute atomic E-state index is 0.311. The van der Waals surface area contributed by atoms with Crippen molar-refractivity contribution in [1.82, 2.24) is 0 Å². The summed E-state index contributed by atoms with van der Waals surface area (Å²) < 4.78 is 5.71. The lowest BCUT2D eigenvalue weighted by molar-refractivity contribution is 0.196. The van der Waals surface area contributed by atoms with Crippen LogP contribution in [0.25, 0.3) is 0 Å². The Morgan fingerprint density at radius 3 is 2.93 bits per heavy atom. The van der Waals surface area contributed by atoms with Crippen LogP contribution >= 0.6 is 0 Å². The fourth-order valence-electron chi connectivity index (χ4n) is 2.71. The molecule has 2 rings (SSSR count). The predicted molar refractivity (Wildman–Crippen MR) is 57.9 cm³/mol. The van der Waals surface area contributed by atoms with Crippen LogP contribution in [0.2, 0.25) is 0 Å². The van der Waals surface area contributed by atoms with Crippen LogP contribution in [-0.2, 0) is 4.74 Å². The fraction of sp³-hybridized carbons (Fsp3) is 0.846. The van der Waals surface area contributed by atoms with Gasteiger partial charge < -0.3 is 4.74 Å². The van der Waals surface area contributed by atoms with E-state index in [1.54, 1.807) is 0 Å². The first kappa shape index (κ1) is 10.1. The summed E-state index contributed by atoms with van der Waals surface area (Å²) in [5.74, 6) is 6.95. The normalized spacial score (nSPS) is 35.9. The van der Waals surface area contributed by atoms with Gasteiger partial charge in [0.15, 0.2) is 0 Å². The lowest BCUT2D eigenvalue weighted by Gasteiger charge is -2.20. The molecule has 1 spiro atoms. The number of rotatable bonds is 2. The summed E-state index contributed by atoms with van der Waals surface area (Å²) in [4.78, 5) is 0. The van der Waals surface area contributed by atoms with Crippen LogP contribution in [0.1, 0.15) is 51.9 Å². The molecule has 0 radical (unpaired) electrons. The SMILES string of the molecule is CC#CCC[C@@H]1CCCCCC12CO2.